The maximum absolute atomic E-state index is 12.2. The third-order valence-electron chi connectivity index (χ3n) is 2.88. The Bertz CT molecular complexity index is 704. The number of aliphatic hydroxyl groups excluding tert-OH is 1. The average Bonchev–Trinajstić information content (AvgIpc) is 2.78. The molecule has 0 saturated heterocycles. The van der Waals surface area contributed by atoms with Crippen molar-refractivity contribution in [3.63, 3.8) is 0 Å². The first-order valence-corrected chi connectivity index (χ1v) is 6.68. The fraction of sp³-hybridized carbons (Fsp3) is 0.235. The van der Waals surface area contributed by atoms with Crippen LogP contribution in [0.4, 0.5) is 5.69 Å². The minimum atomic E-state index is -0.204. The maximum Gasteiger partial charge on any atom is 0.259 e. The average molecular weight is 283 g/mol. The number of rotatable bonds is 3. The van der Waals surface area contributed by atoms with Crippen molar-refractivity contribution in [1.29, 1.82) is 0 Å². The first-order valence-electron chi connectivity index (χ1n) is 6.68. The predicted molar refractivity (Wildman–Crippen MR) is 81.2 cm³/mol. The van der Waals surface area contributed by atoms with Crippen molar-refractivity contribution in [2.45, 2.75) is 20.3 Å². The van der Waals surface area contributed by atoms with Gasteiger partial charge < -0.3 is 14.8 Å². The lowest BCUT2D eigenvalue weighted by Gasteiger charge is -2.04. The van der Waals surface area contributed by atoms with Gasteiger partial charge in [0.05, 0.1) is 12.2 Å². The summed E-state index contributed by atoms with van der Waals surface area (Å²) in [4.78, 5) is 12.2. The molecule has 0 spiro atoms. The second kappa shape index (κ2) is 6.78. The van der Waals surface area contributed by atoms with E-state index in [0.29, 0.717) is 29.2 Å². The summed E-state index contributed by atoms with van der Waals surface area (Å²) >= 11 is 0. The van der Waals surface area contributed by atoms with E-state index >= 15 is 0 Å². The molecule has 0 aliphatic rings. The lowest BCUT2D eigenvalue weighted by Crippen LogP contribution is -2.12. The van der Waals surface area contributed by atoms with Crippen LogP contribution < -0.4 is 5.32 Å². The quantitative estimate of drug-likeness (QED) is 0.851. The summed E-state index contributed by atoms with van der Waals surface area (Å²) in [5.41, 5.74) is 2.00. The molecule has 0 aliphatic carbocycles. The number of carbonyl (C=O) groups is 1. The Morgan fingerprint density at radius 3 is 2.81 bits per heavy atom. The lowest BCUT2D eigenvalue weighted by atomic mass is 10.2. The molecule has 1 aromatic heterocycles. The van der Waals surface area contributed by atoms with Crippen LogP contribution in [0.2, 0.25) is 0 Å². The van der Waals surface area contributed by atoms with Crippen LogP contribution in [0.5, 0.6) is 0 Å². The van der Waals surface area contributed by atoms with Gasteiger partial charge >= 0.3 is 0 Å². The summed E-state index contributed by atoms with van der Waals surface area (Å²) in [5.74, 6) is 6.89. The first kappa shape index (κ1) is 14.9. The summed E-state index contributed by atoms with van der Waals surface area (Å²) in [6.45, 7) is 3.61. The van der Waals surface area contributed by atoms with Crippen molar-refractivity contribution in [2.75, 3.05) is 11.9 Å². The molecule has 2 N–H and O–H groups in total. The van der Waals surface area contributed by atoms with E-state index in [1.54, 1.807) is 32.0 Å². The highest BCUT2D eigenvalue weighted by Gasteiger charge is 2.13. The molecular formula is C17H17NO3. The zero-order valence-electron chi connectivity index (χ0n) is 12.1. The Hall–Kier alpha value is -2.51. The van der Waals surface area contributed by atoms with Crippen LogP contribution in [0.1, 0.15) is 33.9 Å². The highest BCUT2D eigenvalue weighted by Crippen LogP contribution is 2.17. The van der Waals surface area contributed by atoms with Gasteiger partial charge in [-0.2, -0.15) is 0 Å². The predicted octanol–water partition coefficient (Wildman–Crippen LogP) is 2.88. The molecule has 0 radical (unpaired) electrons. The number of benzene rings is 1. The van der Waals surface area contributed by atoms with E-state index in [9.17, 15) is 4.79 Å². The van der Waals surface area contributed by atoms with Crippen molar-refractivity contribution < 1.29 is 14.3 Å². The molecule has 1 amide bonds. The van der Waals surface area contributed by atoms with Crippen LogP contribution in [-0.2, 0) is 0 Å². The molecular weight excluding hydrogens is 266 g/mol. The van der Waals surface area contributed by atoms with Crippen LogP contribution in [-0.4, -0.2) is 17.6 Å². The molecule has 1 aromatic carbocycles. The number of aliphatic hydroxyl groups is 1. The Balaban J connectivity index is 2.13. The molecule has 0 atom stereocenters. The molecule has 108 valence electrons. The van der Waals surface area contributed by atoms with E-state index in [1.807, 2.05) is 12.1 Å². The zero-order chi connectivity index (χ0) is 15.2. The van der Waals surface area contributed by atoms with Gasteiger partial charge in [-0.05, 0) is 38.1 Å². The number of furan rings is 1. The van der Waals surface area contributed by atoms with Crippen molar-refractivity contribution in [2.24, 2.45) is 0 Å². The number of hydrogen-bond donors (Lipinski definition) is 2. The third kappa shape index (κ3) is 3.98. The van der Waals surface area contributed by atoms with Gasteiger partial charge in [-0.1, -0.05) is 17.9 Å². The van der Waals surface area contributed by atoms with Gasteiger partial charge in [-0.15, -0.1) is 0 Å². The molecule has 2 rings (SSSR count). The molecule has 2 aromatic rings. The molecule has 1 heterocycles. The summed E-state index contributed by atoms with van der Waals surface area (Å²) in [5, 5.41) is 11.5. The largest absolute Gasteiger partial charge is 0.466 e. The number of nitrogens with one attached hydrogen (secondary N) is 1. The summed E-state index contributed by atoms with van der Waals surface area (Å²) in [7, 11) is 0. The highest BCUT2D eigenvalue weighted by molar-refractivity contribution is 6.05. The number of aryl methyl sites for hydroxylation is 2. The minimum Gasteiger partial charge on any atom is -0.466 e. The molecule has 0 aliphatic heterocycles. The van der Waals surface area contributed by atoms with Crippen molar-refractivity contribution >= 4 is 11.6 Å². The Morgan fingerprint density at radius 1 is 1.33 bits per heavy atom. The monoisotopic (exact) mass is 283 g/mol. The second-order valence-corrected chi connectivity index (χ2v) is 4.64. The molecule has 4 heteroatoms. The summed E-state index contributed by atoms with van der Waals surface area (Å²) < 4.78 is 5.36. The Kier molecular flexibility index (Phi) is 4.81. The fourth-order valence-corrected chi connectivity index (χ4v) is 1.95. The normalized spacial score (nSPS) is 9.86. The van der Waals surface area contributed by atoms with Gasteiger partial charge in [0.15, 0.2) is 0 Å². The van der Waals surface area contributed by atoms with E-state index in [4.69, 9.17) is 9.52 Å². The highest BCUT2D eigenvalue weighted by atomic mass is 16.3. The van der Waals surface area contributed by atoms with Gasteiger partial charge in [-0.25, -0.2) is 0 Å². The summed E-state index contributed by atoms with van der Waals surface area (Å²) in [6, 6.07) is 9.00. The van der Waals surface area contributed by atoms with Gasteiger partial charge in [0.2, 0.25) is 0 Å². The number of hydrogen-bond acceptors (Lipinski definition) is 3. The fourth-order valence-electron chi connectivity index (χ4n) is 1.95. The smallest absolute Gasteiger partial charge is 0.259 e. The first-order chi connectivity index (χ1) is 10.1. The SMILES string of the molecule is Cc1cc(C(=O)Nc2cccc(C#CCCO)c2)c(C)o1. The lowest BCUT2D eigenvalue weighted by molar-refractivity contribution is 0.102. The standard InChI is InChI=1S/C17H17NO3/c1-12-10-16(13(2)21-12)17(20)18-15-8-5-7-14(11-15)6-3-4-9-19/h5,7-8,10-11,19H,4,9H2,1-2H3,(H,18,20). The zero-order valence-corrected chi connectivity index (χ0v) is 12.1. The molecule has 0 unspecified atom stereocenters. The second-order valence-electron chi connectivity index (χ2n) is 4.64. The van der Waals surface area contributed by atoms with E-state index < -0.39 is 0 Å². The van der Waals surface area contributed by atoms with Crippen LogP contribution in [0.25, 0.3) is 0 Å². The van der Waals surface area contributed by atoms with Gasteiger partial charge in [0.25, 0.3) is 5.91 Å². The molecule has 0 bridgehead atoms. The molecule has 0 saturated carbocycles. The minimum absolute atomic E-state index is 0.0442. The van der Waals surface area contributed by atoms with Crippen molar-refractivity contribution in [3.05, 3.63) is 53.0 Å². The van der Waals surface area contributed by atoms with Gasteiger partial charge in [-0.3, -0.25) is 4.79 Å². The van der Waals surface area contributed by atoms with Crippen LogP contribution in [0.3, 0.4) is 0 Å². The number of anilines is 1. The topological polar surface area (TPSA) is 62.5 Å². The van der Waals surface area contributed by atoms with E-state index in [0.717, 1.165) is 5.56 Å². The third-order valence-corrected chi connectivity index (χ3v) is 2.88. The van der Waals surface area contributed by atoms with Gasteiger partial charge in [0, 0.05) is 17.7 Å². The van der Waals surface area contributed by atoms with Crippen LogP contribution >= 0.6 is 0 Å². The summed E-state index contributed by atoms with van der Waals surface area (Å²) in [6.07, 6.45) is 0.435. The number of amides is 1. The Labute approximate surface area is 123 Å². The van der Waals surface area contributed by atoms with Crippen molar-refractivity contribution in [3.8, 4) is 11.8 Å². The van der Waals surface area contributed by atoms with E-state index in [2.05, 4.69) is 17.2 Å². The van der Waals surface area contributed by atoms with E-state index in [1.165, 1.54) is 0 Å². The molecule has 21 heavy (non-hydrogen) atoms. The molecule has 0 fully saturated rings. The van der Waals surface area contributed by atoms with Crippen molar-refractivity contribution in [1.82, 2.24) is 0 Å². The van der Waals surface area contributed by atoms with E-state index in [-0.39, 0.29) is 12.5 Å². The Morgan fingerprint density at radius 2 is 2.14 bits per heavy atom. The van der Waals surface area contributed by atoms with Gasteiger partial charge in [0.1, 0.15) is 11.5 Å². The maximum atomic E-state index is 12.2. The van der Waals surface area contributed by atoms with Crippen LogP contribution in [0.15, 0.2) is 34.7 Å². The number of carbonyl (C=O) groups excluding carboxylic acids is 1. The molecule has 4 nitrogen and oxygen atoms in total. The van der Waals surface area contributed by atoms with Crippen LogP contribution in [0, 0.1) is 25.7 Å².